The van der Waals surface area contributed by atoms with Gasteiger partial charge in [0.1, 0.15) is 5.75 Å². The molecule has 0 atom stereocenters. The smallest absolute Gasteiger partial charge is 0.116 e. The summed E-state index contributed by atoms with van der Waals surface area (Å²) >= 11 is 0. The number of phenolic OH excluding ortho intramolecular Hbond substituents is 1. The molecule has 0 saturated carbocycles. The van der Waals surface area contributed by atoms with Crippen molar-refractivity contribution >= 4 is 21.8 Å². The molecule has 0 saturated heterocycles. The first-order chi connectivity index (χ1) is 9.24. The van der Waals surface area contributed by atoms with E-state index >= 15 is 0 Å². The van der Waals surface area contributed by atoms with Crippen LogP contribution in [-0.4, -0.2) is 10.1 Å². The molecule has 0 amide bonds. The molecule has 2 aliphatic carbocycles. The third kappa shape index (κ3) is 1.37. The molecular weight excluding hydrogens is 234 g/mol. The molecule has 0 aliphatic heterocycles. The highest BCUT2D eigenvalue weighted by atomic mass is 16.3. The Bertz CT molecular complexity index is 889. The first-order valence-electron chi connectivity index (χ1n) is 6.37. The van der Waals surface area contributed by atoms with E-state index in [1.54, 1.807) is 6.07 Å². The van der Waals surface area contributed by atoms with Crippen LogP contribution in [0.25, 0.3) is 32.9 Å². The van der Waals surface area contributed by atoms with Gasteiger partial charge in [-0.3, -0.25) is 0 Å². The molecule has 0 spiro atoms. The van der Waals surface area contributed by atoms with E-state index in [0.29, 0.717) is 5.75 Å². The lowest BCUT2D eigenvalue weighted by molar-refractivity contribution is 0.476. The number of benzene rings is 1. The minimum Gasteiger partial charge on any atom is -0.508 e. The minimum absolute atomic E-state index is 0.302. The average molecular weight is 247 g/mol. The summed E-state index contributed by atoms with van der Waals surface area (Å²) in [7, 11) is 0. The van der Waals surface area contributed by atoms with Crippen molar-refractivity contribution in [3.05, 3.63) is 54.1 Å². The Kier molecular flexibility index (Phi) is 1.93. The molecule has 2 nitrogen and oxygen atoms in total. The number of phenols is 1. The van der Waals surface area contributed by atoms with E-state index < -0.39 is 0 Å². The number of nitrogens with one attached hydrogen (secondary N) is 1. The lowest BCUT2D eigenvalue weighted by Crippen LogP contribution is -1.76. The third-order valence-corrected chi connectivity index (χ3v) is 3.88. The summed E-state index contributed by atoms with van der Waals surface area (Å²) in [6, 6.07) is 16.1. The maximum atomic E-state index is 9.68. The van der Waals surface area contributed by atoms with Crippen LogP contribution in [0.3, 0.4) is 0 Å². The molecule has 2 aromatic rings. The first kappa shape index (κ1) is 10.4. The lowest BCUT2D eigenvalue weighted by atomic mass is 10.1. The fourth-order valence-electron chi connectivity index (χ4n) is 2.90. The van der Waals surface area contributed by atoms with Gasteiger partial charge in [0.2, 0.25) is 0 Å². The van der Waals surface area contributed by atoms with Gasteiger partial charge in [-0.05, 0) is 41.8 Å². The lowest BCUT2D eigenvalue weighted by Gasteiger charge is -1.97. The van der Waals surface area contributed by atoms with Gasteiger partial charge in [0.05, 0.1) is 5.52 Å². The van der Waals surface area contributed by atoms with E-state index in [9.17, 15) is 5.11 Å². The Morgan fingerprint density at radius 2 is 1.84 bits per heavy atom. The Morgan fingerprint density at radius 1 is 0.947 bits per heavy atom. The van der Waals surface area contributed by atoms with Crippen molar-refractivity contribution < 1.29 is 5.11 Å². The van der Waals surface area contributed by atoms with E-state index in [-0.39, 0.29) is 0 Å². The van der Waals surface area contributed by atoms with Gasteiger partial charge >= 0.3 is 0 Å². The summed E-state index contributed by atoms with van der Waals surface area (Å²) in [6.07, 6.45) is 0. The van der Waals surface area contributed by atoms with Crippen molar-refractivity contribution in [1.29, 1.82) is 0 Å². The number of aryl methyl sites for hydroxylation is 1. The highest BCUT2D eigenvalue weighted by Crippen LogP contribution is 2.34. The summed E-state index contributed by atoms with van der Waals surface area (Å²) in [6.45, 7) is 2.14. The van der Waals surface area contributed by atoms with Crippen molar-refractivity contribution in [2.24, 2.45) is 0 Å². The fraction of sp³-hybridized carbons (Fsp3) is 0.0588. The van der Waals surface area contributed by atoms with E-state index in [2.05, 4.69) is 42.2 Å². The number of aromatic amines is 1. The molecule has 1 aromatic heterocycles. The van der Waals surface area contributed by atoms with Crippen LogP contribution in [0.1, 0.15) is 5.56 Å². The predicted molar refractivity (Wildman–Crippen MR) is 78.8 cm³/mol. The van der Waals surface area contributed by atoms with Gasteiger partial charge in [-0.15, -0.1) is 0 Å². The van der Waals surface area contributed by atoms with Crippen molar-refractivity contribution in [2.45, 2.75) is 6.92 Å². The van der Waals surface area contributed by atoms with Crippen LogP contribution in [0.2, 0.25) is 0 Å². The fourth-order valence-corrected chi connectivity index (χ4v) is 2.90. The molecule has 0 unspecified atom stereocenters. The maximum Gasteiger partial charge on any atom is 0.116 e. The molecule has 1 heterocycles. The van der Waals surface area contributed by atoms with Gasteiger partial charge in [0.25, 0.3) is 0 Å². The SMILES string of the molecule is Cc1c2cccc-2ccc2c1[nH]c1ccc(O)cc12. The number of aromatic hydroxyl groups is 1. The van der Waals surface area contributed by atoms with Gasteiger partial charge in [0, 0.05) is 16.3 Å². The monoisotopic (exact) mass is 247 g/mol. The third-order valence-electron chi connectivity index (χ3n) is 3.88. The number of H-pyrrole nitrogens is 1. The Balaban J connectivity index is 2.28. The molecule has 4 rings (SSSR count). The number of hydrogen-bond donors (Lipinski definition) is 2. The molecule has 2 aliphatic rings. The van der Waals surface area contributed by atoms with Crippen LogP contribution in [-0.2, 0) is 0 Å². The molecule has 92 valence electrons. The summed E-state index contributed by atoms with van der Waals surface area (Å²) < 4.78 is 0. The number of fused-ring (bicyclic) bond motifs is 4. The zero-order valence-corrected chi connectivity index (χ0v) is 10.6. The zero-order chi connectivity index (χ0) is 13.0. The molecular formula is C17H13NO. The van der Waals surface area contributed by atoms with Crippen LogP contribution in [0.4, 0.5) is 0 Å². The van der Waals surface area contributed by atoms with Gasteiger partial charge in [0.15, 0.2) is 0 Å². The number of rotatable bonds is 0. The van der Waals surface area contributed by atoms with Crippen LogP contribution in [0, 0.1) is 6.92 Å². The summed E-state index contributed by atoms with van der Waals surface area (Å²) in [4.78, 5) is 3.46. The quantitative estimate of drug-likeness (QED) is 0.473. The minimum atomic E-state index is 0.302. The van der Waals surface area contributed by atoms with Crippen LogP contribution < -0.4 is 0 Å². The molecule has 2 N–H and O–H groups in total. The molecule has 2 heteroatoms. The summed E-state index contributed by atoms with van der Waals surface area (Å²) in [5, 5.41) is 11.9. The van der Waals surface area contributed by atoms with Gasteiger partial charge in [-0.2, -0.15) is 0 Å². The maximum absolute atomic E-state index is 9.68. The second-order valence-corrected chi connectivity index (χ2v) is 5.00. The second-order valence-electron chi connectivity index (χ2n) is 5.00. The van der Waals surface area contributed by atoms with E-state index in [1.165, 1.54) is 16.7 Å². The number of aromatic nitrogens is 1. The van der Waals surface area contributed by atoms with Gasteiger partial charge in [-0.25, -0.2) is 0 Å². The van der Waals surface area contributed by atoms with Gasteiger partial charge in [-0.1, -0.05) is 30.3 Å². The Morgan fingerprint density at radius 3 is 2.74 bits per heavy atom. The van der Waals surface area contributed by atoms with Crippen molar-refractivity contribution in [2.75, 3.05) is 0 Å². The van der Waals surface area contributed by atoms with Crippen molar-refractivity contribution in [1.82, 2.24) is 4.98 Å². The molecule has 19 heavy (non-hydrogen) atoms. The first-order valence-corrected chi connectivity index (χ1v) is 6.37. The predicted octanol–water partition coefficient (Wildman–Crippen LogP) is 4.44. The van der Waals surface area contributed by atoms with Crippen LogP contribution in [0.5, 0.6) is 5.75 Å². The topological polar surface area (TPSA) is 36.0 Å². The van der Waals surface area contributed by atoms with E-state index in [4.69, 9.17) is 0 Å². The zero-order valence-electron chi connectivity index (χ0n) is 10.6. The summed E-state index contributed by atoms with van der Waals surface area (Å²) in [5.74, 6) is 0.302. The Hall–Kier alpha value is -2.48. The number of hydrogen-bond acceptors (Lipinski definition) is 1. The average Bonchev–Trinajstić information content (AvgIpc) is 2.97. The van der Waals surface area contributed by atoms with Crippen molar-refractivity contribution in [3.8, 4) is 16.9 Å². The van der Waals surface area contributed by atoms with Crippen molar-refractivity contribution in [3.63, 3.8) is 0 Å². The van der Waals surface area contributed by atoms with E-state index in [1.807, 2.05) is 12.1 Å². The largest absolute Gasteiger partial charge is 0.508 e. The Labute approximate surface area is 110 Å². The molecule has 0 fully saturated rings. The molecule has 0 bridgehead atoms. The van der Waals surface area contributed by atoms with E-state index in [0.717, 1.165) is 21.8 Å². The van der Waals surface area contributed by atoms with Crippen LogP contribution in [0.15, 0.2) is 48.5 Å². The normalized spacial score (nSPS) is 11.6. The highest BCUT2D eigenvalue weighted by molar-refractivity contribution is 6.09. The highest BCUT2D eigenvalue weighted by Gasteiger charge is 2.11. The summed E-state index contributed by atoms with van der Waals surface area (Å²) in [5.41, 5.74) is 5.96. The standard InChI is InChI=1S/C17H13NO/c1-10-13-4-2-3-11(13)5-7-14-15-9-12(19)6-8-16(15)18-17(10)14/h2-9,18-19H,1H3. The second kappa shape index (κ2) is 3.51. The van der Waals surface area contributed by atoms with Crippen LogP contribution >= 0.6 is 0 Å². The van der Waals surface area contributed by atoms with Gasteiger partial charge < -0.3 is 10.1 Å². The molecule has 0 radical (unpaired) electrons. The molecule has 1 aromatic carbocycles.